The van der Waals surface area contributed by atoms with E-state index in [0.29, 0.717) is 22.6 Å². The molecular formula is C16H9BrF3NO. The first kappa shape index (κ1) is 14.8. The number of nitrogens with zero attached hydrogens (tertiary/aromatic N) is 1. The Kier molecular flexibility index (Phi) is 3.78. The van der Waals surface area contributed by atoms with Crippen LogP contribution in [0.15, 0.2) is 51.4 Å². The molecule has 3 rings (SSSR count). The summed E-state index contributed by atoms with van der Waals surface area (Å²) < 4.78 is 43.8. The Morgan fingerprint density at radius 1 is 1.00 bits per heavy atom. The minimum atomic E-state index is -4.32. The Hall–Kier alpha value is -2.08. The Morgan fingerprint density at radius 2 is 1.73 bits per heavy atom. The SMILES string of the molecule is FC(F)(F)c1ccc(C=Cc2nc3cc(Br)ccc3o2)cc1. The highest BCUT2D eigenvalue weighted by atomic mass is 79.9. The van der Waals surface area contributed by atoms with E-state index in [2.05, 4.69) is 20.9 Å². The predicted molar refractivity (Wildman–Crippen MR) is 82.1 cm³/mol. The van der Waals surface area contributed by atoms with Crippen molar-refractivity contribution in [1.29, 1.82) is 0 Å². The van der Waals surface area contributed by atoms with Crippen LogP contribution in [0.5, 0.6) is 0 Å². The summed E-state index contributed by atoms with van der Waals surface area (Å²) in [4.78, 5) is 4.28. The third-order valence-corrected chi connectivity index (χ3v) is 3.52. The van der Waals surface area contributed by atoms with E-state index < -0.39 is 11.7 Å². The molecule has 0 N–H and O–H groups in total. The second-order valence-electron chi connectivity index (χ2n) is 4.62. The fourth-order valence-corrected chi connectivity index (χ4v) is 2.29. The molecule has 0 unspecified atom stereocenters. The van der Waals surface area contributed by atoms with Gasteiger partial charge in [-0.2, -0.15) is 13.2 Å². The van der Waals surface area contributed by atoms with Crippen LogP contribution in [0.1, 0.15) is 17.0 Å². The van der Waals surface area contributed by atoms with E-state index in [1.807, 2.05) is 12.1 Å². The number of aromatic nitrogens is 1. The maximum atomic E-state index is 12.5. The molecule has 6 heteroatoms. The van der Waals surface area contributed by atoms with Gasteiger partial charge in [0.2, 0.25) is 5.89 Å². The van der Waals surface area contributed by atoms with Crippen LogP contribution in [-0.2, 0) is 6.18 Å². The molecule has 2 nitrogen and oxygen atoms in total. The molecule has 0 atom stereocenters. The number of rotatable bonds is 2. The topological polar surface area (TPSA) is 26.0 Å². The van der Waals surface area contributed by atoms with Crippen molar-refractivity contribution in [3.63, 3.8) is 0 Å². The molecule has 112 valence electrons. The second kappa shape index (κ2) is 5.61. The van der Waals surface area contributed by atoms with Gasteiger partial charge < -0.3 is 4.42 Å². The lowest BCUT2D eigenvalue weighted by atomic mass is 10.1. The molecule has 0 fully saturated rings. The minimum Gasteiger partial charge on any atom is -0.437 e. The van der Waals surface area contributed by atoms with Crippen LogP contribution >= 0.6 is 15.9 Å². The van der Waals surface area contributed by atoms with Gasteiger partial charge in [0.15, 0.2) is 5.58 Å². The summed E-state index contributed by atoms with van der Waals surface area (Å²) in [6, 6.07) is 10.4. The molecule has 3 aromatic rings. The Labute approximate surface area is 132 Å². The van der Waals surface area contributed by atoms with Crippen molar-refractivity contribution >= 4 is 39.2 Å². The molecule has 0 amide bonds. The van der Waals surface area contributed by atoms with Gasteiger partial charge in [0, 0.05) is 10.5 Å². The van der Waals surface area contributed by atoms with Crippen molar-refractivity contribution in [2.45, 2.75) is 6.18 Å². The molecule has 1 heterocycles. The number of hydrogen-bond donors (Lipinski definition) is 0. The lowest BCUT2D eigenvalue weighted by Crippen LogP contribution is -2.03. The summed E-state index contributed by atoms with van der Waals surface area (Å²) in [5.74, 6) is 0.396. The molecule has 0 aliphatic rings. The van der Waals surface area contributed by atoms with E-state index in [1.165, 1.54) is 12.1 Å². The first-order chi connectivity index (χ1) is 10.4. The maximum absolute atomic E-state index is 12.5. The fraction of sp³-hybridized carbons (Fsp3) is 0.0625. The van der Waals surface area contributed by atoms with Crippen LogP contribution in [0.3, 0.4) is 0 Å². The highest BCUT2D eigenvalue weighted by Gasteiger charge is 2.29. The minimum absolute atomic E-state index is 0.396. The highest BCUT2D eigenvalue weighted by molar-refractivity contribution is 9.10. The van der Waals surface area contributed by atoms with Crippen LogP contribution < -0.4 is 0 Å². The summed E-state index contributed by atoms with van der Waals surface area (Å²) in [5.41, 5.74) is 1.32. The zero-order valence-corrected chi connectivity index (χ0v) is 12.6. The Bertz CT molecular complexity index is 835. The lowest BCUT2D eigenvalue weighted by molar-refractivity contribution is -0.137. The van der Waals surface area contributed by atoms with Crippen LogP contribution in [0.25, 0.3) is 23.3 Å². The number of alkyl halides is 3. The molecule has 22 heavy (non-hydrogen) atoms. The largest absolute Gasteiger partial charge is 0.437 e. The Morgan fingerprint density at radius 3 is 2.41 bits per heavy atom. The molecule has 0 bridgehead atoms. The molecule has 0 saturated heterocycles. The van der Waals surface area contributed by atoms with Crippen LogP contribution in [0, 0.1) is 0 Å². The van der Waals surface area contributed by atoms with Gasteiger partial charge in [0.05, 0.1) is 5.56 Å². The van der Waals surface area contributed by atoms with Crippen molar-refractivity contribution < 1.29 is 17.6 Å². The first-order valence-electron chi connectivity index (χ1n) is 6.33. The van der Waals surface area contributed by atoms with Crippen LogP contribution in [-0.4, -0.2) is 4.98 Å². The third-order valence-electron chi connectivity index (χ3n) is 3.02. The molecule has 2 aromatic carbocycles. The quantitative estimate of drug-likeness (QED) is 0.573. The van der Waals surface area contributed by atoms with E-state index >= 15 is 0 Å². The fourth-order valence-electron chi connectivity index (χ4n) is 1.94. The molecule has 0 saturated carbocycles. The van der Waals surface area contributed by atoms with Crippen LogP contribution in [0.4, 0.5) is 13.2 Å². The summed E-state index contributed by atoms with van der Waals surface area (Å²) in [7, 11) is 0. The van der Waals surface area contributed by atoms with Gasteiger partial charge in [-0.15, -0.1) is 0 Å². The van der Waals surface area contributed by atoms with E-state index in [0.717, 1.165) is 16.6 Å². The van der Waals surface area contributed by atoms with Crippen LogP contribution in [0.2, 0.25) is 0 Å². The van der Waals surface area contributed by atoms with Gasteiger partial charge in [0.1, 0.15) is 5.52 Å². The number of benzene rings is 2. The maximum Gasteiger partial charge on any atom is 0.416 e. The van der Waals surface area contributed by atoms with Gasteiger partial charge in [-0.25, -0.2) is 4.98 Å². The molecule has 1 aromatic heterocycles. The molecule has 0 spiro atoms. The van der Waals surface area contributed by atoms with E-state index in [1.54, 1.807) is 18.2 Å². The monoisotopic (exact) mass is 367 g/mol. The first-order valence-corrected chi connectivity index (χ1v) is 7.12. The standard InChI is InChI=1S/C16H9BrF3NO/c17-12-6-7-14-13(9-12)21-15(22-14)8-3-10-1-4-11(5-2-10)16(18,19)20/h1-9H. The zero-order valence-electron chi connectivity index (χ0n) is 11.1. The molecular weight excluding hydrogens is 359 g/mol. The van der Waals surface area contributed by atoms with Gasteiger partial charge in [-0.3, -0.25) is 0 Å². The zero-order chi connectivity index (χ0) is 15.7. The van der Waals surface area contributed by atoms with Crippen molar-refractivity contribution in [3.8, 4) is 0 Å². The van der Waals surface area contributed by atoms with Gasteiger partial charge in [-0.05, 0) is 42.0 Å². The van der Waals surface area contributed by atoms with E-state index in [4.69, 9.17) is 4.42 Å². The average Bonchev–Trinajstić information content (AvgIpc) is 2.86. The van der Waals surface area contributed by atoms with E-state index in [-0.39, 0.29) is 0 Å². The number of fused-ring (bicyclic) bond motifs is 1. The number of halogens is 4. The second-order valence-corrected chi connectivity index (χ2v) is 5.53. The average molecular weight is 368 g/mol. The number of oxazole rings is 1. The summed E-state index contributed by atoms with van der Waals surface area (Å²) in [6.07, 6.45) is -1.05. The van der Waals surface area contributed by atoms with Crippen molar-refractivity contribution in [2.24, 2.45) is 0 Å². The van der Waals surface area contributed by atoms with Gasteiger partial charge >= 0.3 is 6.18 Å². The highest BCUT2D eigenvalue weighted by Crippen LogP contribution is 2.29. The van der Waals surface area contributed by atoms with E-state index in [9.17, 15) is 13.2 Å². The molecule has 0 radical (unpaired) electrons. The normalized spacial score (nSPS) is 12.4. The third kappa shape index (κ3) is 3.22. The van der Waals surface area contributed by atoms with Crippen molar-refractivity contribution in [3.05, 3.63) is 64.0 Å². The Balaban J connectivity index is 1.83. The summed E-state index contributed by atoms with van der Waals surface area (Å²) in [5, 5.41) is 0. The van der Waals surface area contributed by atoms with Gasteiger partial charge in [0.25, 0.3) is 0 Å². The molecule has 0 aliphatic carbocycles. The predicted octanol–water partition coefficient (Wildman–Crippen LogP) is 5.78. The van der Waals surface area contributed by atoms with Crippen molar-refractivity contribution in [1.82, 2.24) is 4.98 Å². The molecule has 0 aliphatic heterocycles. The number of hydrogen-bond acceptors (Lipinski definition) is 2. The smallest absolute Gasteiger partial charge is 0.416 e. The van der Waals surface area contributed by atoms with Crippen molar-refractivity contribution in [2.75, 3.05) is 0 Å². The lowest BCUT2D eigenvalue weighted by Gasteiger charge is -2.05. The van der Waals surface area contributed by atoms with Gasteiger partial charge in [-0.1, -0.05) is 28.1 Å². The summed E-state index contributed by atoms with van der Waals surface area (Å²) in [6.45, 7) is 0. The summed E-state index contributed by atoms with van der Waals surface area (Å²) >= 11 is 3.35.